The Bertz CT molecular complexity index is 674. The summed E-state index contributed by atoms with van der Waals surface area (Å²) in [6, 6.07) is 4.25. The van der Waals surface area contributed by atoms with Gasteiger partial charge in [0.2, 0.25) is 0 Å². The van der Waals surface area contributed by atoms with E-state index in [-0.39, 0.29) is 10.9 Å². The van der Waals surface area contributed by atoms with Crippen molar-refractivity contribution in [1.82, 2.24) is 4.57 Å². The summed E-state index contributed by atoms with van der Waals surface area (Å²) in [5.74, 6) is -1.28. The van der Waals surface area contributed by atoms with Crippen LogP contribution in [0.5, 0.6) is 5.75 Å². The molecule has 0 bridgehead atoms. The Balaban J connectivity index is 2.84. The van der Waals surface area contributed by atoms with Crippen molar-refractivity contribution in [3.8, 4) is 5.75 Å². The number of aryl methyl sites for hydroxylation is 1. The van der Waals surface area contributed by atoms with Crippen molar-refractivity contribution in [2.75, 3.05) is 6.61 Å². The first-order valence-electron chi connectivity index (χ1n) is 5.83. The minimum Gasteiger partial charge on any atom is -0.494 e. The Labute approximate surface area is 112 Å². The highest BCUT2D eigenvalue weighted by Gasteiger charge is 2.40. The van der Waals surface area contributed by atoms with E-state index in [1.165, 1.54) is 25.2 Å². The van der Waals surface area contributed by atoms with E-state index in [1.54, 1.807) is 6.92 Å². The number of rotatable bonds is 3. The zero-order valence-corrected chi connectivity index (χ0v) is 10.8. The molecule has 0 fully saturated rings. The van der Waals surface area contributed by atoms with E-state index in [9.17, 15) is 18.0 Å². The molecule has 0 saturated carbocycles. The molecule has 7 heteroatoms. The second-order valence-corrected chi connectivity index (χ2v) is 4.20. The number of benzene rings is 1. The minimum absolute atomic E-state index is 0.0123. The van der Waals surface area contributed by atoms with Crippen LogP contribution in [0, 0.1) is 0 Å². The smallest absolute Gasteiger partial charge is 0.432 e. The molecule has 108 valence electrons. The van der Waals surface area contributed by atoms with Gasteiger partial charge in [-0.3, -0.25) is 0 Å². The molecule has 0 aliphatic heterocycles. The second-order valence-electron chi connectivity index (χ2n) is 4.20. The van der Waals surface area contributed by atoms with Gasteiger partial charge in [0.1, 0.15) is 11.4 Å². The summed E-state index contributed by atoms with van der Waals surface area (Å²) >= 11 is 0. The van der Waals surface area contributed by atoms with Crippen LogP contribution in [0.3, 0.4) is 0 Å². The molecule has 0 spiro atoms. The lowest BCUT2D eigenvalue weighted by Gasteiger charge is -2.09. The Morgan fingerprint density at radius 1 is 1.40 bits per heavy atom. The van der Waals surface area contributed by atoms with Gasteiger partial charge in [-0.1, -0.05) is 0 Å². The molecule has 0 radical (unpaired) electrons. The van der Waals surface area contributed by atoms with Crippen molar-refractivity contribution in [2.45, 2.75) is 13.1 Å². The molecule has 0 aliphatic rings. The number of nitrogens with zero attached hydrogens (tertiary/aromatic N) is 1. The fourth-order valence-corrected chi connectivity index (χ4v) is 2.23. The van der Waals surface area contributed by atoms with Crippen molar-refractivity contribution in [3.05, 3.63) is 29.5 Å². The number of alkyl halides is 3. The number of aromatic carboxylic acids is 1. The van der Waals surface area contributed by atoms with E-state index in [4.69, 9.17) is 9.84 Å². The van der Waals surface area contributed by atoms with E-state index in [0.29, 0.717) is 12.4 Å². The van der Waals surface area contributed by atoms with Crippen LogP contribution in [0.1, 0.15) is 23.0 Å². The topological polar surface area (TPSA) is 51.5 Å². The Kier molecular flexibility index (Phi) is 3.37. The van der Waals surface area contributed by atoms with Gasteiger partial charge in [-0.2, -0.15) is 13.2 Å². The zero-order valence-electron chi connectivity index (χ0n) is 10.8. The molecule has 4 nitrogen and oxygen atoms in total. The highest BCUT2D eigenvalue weighted by Crippen LogP contribution is 2.38. The summed E-state index contributed by atoms with van der Waals surface area (Å²) < 4.78 is 45.2. The lowest BCUT2D eigenvalue weighted by molar-refractivity contribution is -0.143. The summed E-state index contributed by atoms with van der Waals surface area (Å²) in [6.07, 6.45) is -4.74. The van der Waals surface area contributed by atoms with Crippen LogP contribution in [-0.2, 0) is 13.2 Å². The number of halogens is 3. The fraction of sp³-hybridized carbons (Fsp3) is 0.308. The molecular formula is C13H12F3NO3. The monoisotopic (exact) mass is 287 g/mol. The van der Waals surface area contributed by atoms with Crippen LogP contribution in [-0.4, -0.2) is 22.2 Å². The number of hydrogen-bond acceptors (Lipinski definition) is 2. The number of carbonyl (C=O) groups is 1. The van der Waals surface area contributed by atoms with E-state index >= 15 is 0 Å². The maximum absolute atomic E-state index is 13.0. The molecule has 1 N–H and O–H groups in total. The average Bonchev–Trinajstić information content (AvgIpc) is 2.62. The van der Waals surface area contributed by atoms with Gasteiger partial charge in [-0.25, -0.2) is 4.79 Å². The molecule has 0 atom stereocenters. The third kappa shape index (κ3) is 2.19. The van der Waals surface area contributed by atoms with Crippen molar-refractivity contribution in [1.29, 1.82) is 0 Å². The maximum atomic E-state index is 13.0. The Morgan fingerprint density at radius 2 is 2.05 bits per heavy atom. The predicted molar refractivity (Wildman–Crippen MR) is 66.0 cm³/mol. The van der Waals surface area contributed by atoms with Gasteiger partial charge in [-0.15, -0.1) is 0 Å². The van der Waals surface area contributed by atoms with Gasteiger partial charge < -0.3 is 14.4 Å². The van der Waals surface area contributed by atoms with Crippen molar-refractivity contribution < 1.29 is 27.8 Å². The number of fused-ring (bicyclic) bond motifs is 1. The van der Waals surface area contributed by atoms with Crippen LogP contribution < -0.4 is 4.74 Å². The molecule has 1 aromatic heterocycles. The number of hydrogen-bond donors (Lipinski definition) is 1. The summed E-state index contributed by atoms with van der Waals surface area (Å²) in [5.41, 5.74) is -1.73. The first kappa shape index (κ1) is 14.2. The Morgan fingerprint density at radius 3 is 2.55 bits per heavy atom. The number of aromatic nitrogens is 1. The highest BCUT2D eigenvalue weighted by atomic mass is 19.4. The van der Waals surface area contributed by atoms with Crippen LogP contribution in [0.2, 0.25) is 0 Å². The van der Waals surface area contributed by atoms with Crippen LogP contribution in [0.15, 0.2) is 18.2 Å². The second kappa shape index (κ2) is 4.73. The SMILES string of the molecule is CCOc1ccc2c(c1)c(C(=O)O)c(C(F)(F)F)n2C. The molecule has 0 saturated heterocycles. The lowest BCUT2D eigenvalue weighted by Crippen LogP contribution is -2.15. The lowest BCUT2D eigenvalue weighted by atomic mass is 10.1. The number of carboxylic acids is 1. The molecule has 2 rings (SSSR count). The van der Waals surface area contributed by atoms with Crippen molar-refractivity contribution >= 4 is 16.9 Å². The third-order valence-corrected chi connectivity index (χ3v) is 2.96. The van der Waals surface area contributed by atoms with E-state index in [2.05, 4.69) is 0 Å². The highest BCUT2D eigenvalue weighted by molar-refractivity contribution is 6.05. The number of ether oxygens (including phenoxy) is 1. The molecule has 20 heavy (non-hydrogen) atoms. The van der Waals surface area contributed by atoms with Crippen LogP contribution in [0.25, 0.3) is 10.9 Å². The standard InChI is InChI=1S/C13H12F3NO3/c1-3-20-7-4-5-9-8(6-7)10(12(18)19)11(17(9)2)13(14,15)16/h4-6H,3H2,1-2H3,(H,18,19). The first-order valence-corrected chi connectivity index (χ1v) is 5.83. The summed E-state index contributed by atoms with van der Waals surface area (Å²) in [5, 5.41) is 9.12. The molecule has 0 amide bonds. The van der Waals surface area contributed by atoms with Gasteiger partial charge >= 0.3 is 12.1 Å². The van der Waals surface area contributed by atoms with Gasteiger partial charge in [0, 0.05) is 18.0 Å². The first-order chi connectivity index (χ1) is 9.27. The predicted octanol–water partition coefficient (Wildman–Crippen LogP) is 3.29. The maximum Gasteiger partial charge on any atom is 0.432 e. The van der Waals surface area contributed by atoms with Crippen LogP contribution >= 0.6 is 0 Å². The van der Waals surface area contributed by atoms with Crippen molar-refractivity contribution in [2.24, 2.45) is 7.05 Å². The van der Waals surface area contributed by atoms with Crippen molar-refractivity contribution in [3.63, 3.8) is 0 Å². The largest absolute Gasteiger partial charge is 0.494 e. The van der Waals surface area contributed by atoms with Gasteiger partial charge in [0.25, 0.3) is 0 Å². The van der Waals surface area contributed by atoms with Gasteiger partial charge in [0.15, 0.2) is 0 Å². The molecular weight excluding hydrogens is 275 g/mol. The molecule has 1 heterocycles. The minimum atomic E-state index is -4.74. The quantitative estimate of drug-likeness (QED) is 0.942. The van der Waals surface area contributed by atoms with Crippen LogP contribution in [0.4, 0.5) is 13.2 Å². The van der Waals surface area contributed by atoms with Gasteiger partial charge in [0.05, 0.1) is 12.2 Å². The zero-order chi connectivity index (χ0) is 15.1. The summed E-state index contributed by atoms with van der Waals surface area (Å²) in [7, 11) is 1.19. The van der Waals surface area contributed by atoms with E-state index in [1.807, 2.05) is 0 Å². The third-order valence-electron chi connectivity index (χ3n) is 2.96. The Hall–Kier alpha value is -2.18. The summed E-state index contributed by atoms with van der Waals surface area (Å²) in [6.45, 7) is 2.07. The molecule has 0 aliphatic carbocycles. The average molecular weight is 287 g/mol. The van der Waals surface area contributed by atoms with E-state index in [0.717, 1.165) is 4.57 Å². The summed E-state index contributed by atoms with van der Waals surface area (Å²) in [4.78, 5) is 11.2. The molecule has 1 aromatic carbocycles. The molecule has 0 unspecified atom stereocenters. The van der Waals surface area contributed by atoms with E-state index < -0.39 is 23.4 Å². The van der Waals surface area contributed by atoms with Gasteiger partial charge in [-0.05, 0) is 25.1 Å². The number of carboxylic acid groups (broad SMARTS) is 1. The molecule has 2 aromatic rings. The normalized spacial score (nSPS) is 11.8. The fourth-order valence-electron chi connectivity index (χ4n) is 2.23.